The summed E-state index contributed by atoms with van der Waals surface area (Å²) in [6, 6.07) is 0. The van der Waals surface area contributed by atoms with Crippen LogP contribution in [0.1, 0.15) is 60.8 Å². The van der Waals surface area contributed by atoms with Crippen molar-refractivity contribution in [2.75, 3.05) is 45.3 Å². The van der Waals surface area contributed by atoms with Crippen molar-refractivity contribution in [1.82, 2.24) is 10.6 Å². The molecule has 2 amide bonds. The fourth-order valence-electron chi connectivity index (χ4n) is 2.00. The molecule has 0 heterocycles. The second-order valence-corrected chi connectivity index (χ2v) is 8.05. The molecule has 1 atom stereocenters. The summed E-state index contributed by atoms with van der Waals surface area (Å²) in [5, 5.41) is 5.05. The Bertz CT molecular complexity index is 433. The summed E-state index contributed by atoms with van der Waals surface area (Å²) >= 11 is 1.34. The monoisotopic (exact) mass is 434 g/mol. The molecule has 0 bridgehead atoms. The average molecular weight is 435 g/mol. The van der Waals surface area contributed by atoms with Crippen molar-refractivity contribution in [3.05, 3.63) is 0 Å². The topological polar surface area (TPSA) is 93.7 Å². The van der Waals surface area contributed by atoms with Crippen LogP contribution >= 0.6 is 11.8 Å². The van der Waals surface area contributed by atoms with Crippen molar-refractivity contribution < 1.29 is 23.9 Å². The van der Waals surface area contributed by atoms with Crippen LogP contribution in [0.2, 0.25) is 0 Å². The highest BCUT2D eigenvalue weighted by atomic mass is 32.2. The molecule has 8 heteroatoms. The van der Waals surface area contributed by atoms with Crippen LogP contribution in [-0.2, 0) is 23.9 Å². The molecule has 0 aromatic rings. The number of amides is 2. The van der Waals surface area contributed by atoms with Gasteiger partial charge in [-0.1, -0.05) is 34.6 Å². The molecular weight excluding hydrogens is 392 g/mol. The van der Waals surface area contributed by atoms with Crippen LogP contribution < -0.4 is 10.6 Å². The van der Waals surface area contributed by atoms with Gasteiger partial charge in [0.15, 0.2) is 0 Å². The highest BCUT2D eigenvalue weighted by Crippen LogP contribution is 2.16. The summed E-state index contributed by atoms with van der Waals surface area (Å²) in [6.07, 6.45) is 1.39. The lowest BCUT2D eigenvalue weighted by atomic mass is 10.2. The van der Waals surface area contributed by atoms with E-state index in [9.17, 15) is 14.4 Å². The van der Waals surface area contributed by atoms with E-state index in [1.807, 2.05) is 20.8 Å². The van der Waals surface area contributed by atoms with Crippen LogP contribution in [0.3, 0.4) is 0 Å². The first-order valence-electron chi connectivity index (χ1n) is 10.7. The maximum Gasteiger partial charge on any atom is 0.233 e. The van der Waals surface area contributed by atoms with Gasteiger partial charge in [0.05, 0.1) is 18.5 Å². The number of ketones is 1. The number of Topliss-reactive ketones (excluding diaryl/α,β-unsaturated/α-hetero) is 1. The Morgan fingerprint density at radius 3 is 2.17 bits per heavy atom. The zero-order valence-corrected chi connectivity index (χ0v) is 20.0. The lowest BCUT2D eigenvalue weighted by Crippen LogP contribution is -2.39. The molecule has 0 saturated carbocycles. The maximum absolute atomic E-state index is 12.4. The lowest BCUT2D eigenvalue weighted by molar-refractivity contribution is -0.126. The van der Waals surface area contributed by atoms with Gasteiger partial charge in [-0.25, -0.2) is 0 Å². The van der Waals surface area contributed by atoms with E-state index in [1.54, 1.807) is 0 Å². The van der Waals surface area contributed by atoms with Gasteiger partial charge in [-0.3, -0.25) is 14.4 Å². The number of carbonyl (C=O) groups excluding carboxylic acids is 3. The minimum atomic E-state index is -0.521. The summed E-state index contributed by atoms with van der Waals surface area (Å²) < 4.78 is 10.8. The maximum atomic E-state index is 12.4. The highest BCUT2D eigenvalue weighted by Gasteiger charge is 2.22. The van der Waals surface area contributed by atoms with Crippen molar-refractivity contribution >= 4 is 29.4 Å². The van der Waals surface area contributed by atoms with E-state index in [0.29, 0.717) is 57.6 Å². The van der Waals surface area contributed by atoms with Gasteiger partial charge in [0.1, 0.15) is 5.78 Å². The molecule has 0 fully saturated rings. The van der Waals surface area contributed by atoms with Gasteiger partial charge in [0.2, 0.25) is 11.8 Å². The molecule has 7 nitrogen and oxygen atoms in total. The van der Waals surface area contributed by atoms with Gasteiger partial charge in [-0.2, -0.15) is 0 Å². The molecule has 0 spiro atoms. The van der Waals surface area contributed by atoms with Gasteiger partial charge in [0.25, 0.3) is 0 Å². The number of ether oxygens (including phenoxy) is 2. The van der Waals surface area contributed by atoms with Gasteiger partial charge >= 0.3 is 0 Å². The molecule has 2 N–H and O–H groups in total. The van der Waals surface area contributed by atoms with E-state index in [1.165, 1.54) is 18.7 Å². The van der Waals surface area contributed by atoms with Crippen LogP contribution in [-0.4, -0.2) is 68.1 Å². The molecule has 0 radical (unpaired) electrons. The average Bonchev–Trinajstić information content (AvgIpc) is 2.67. The van der Waals surface area contributed by atoms with Crippen molar-refractivity contribution in [2.24, 2.45) is 5.92 Å². The Kier molecular flexibility index (Phi) is 22.4. The number of hydrogen-bond acceptors (Lipinski definition) is 6. The van der Waals surface area contributed by atoms with E-state index in [4.69, 9.17) is 9.47 Å². The van der Waals surface area contributed by atoms with Gasteiger partial charge in [0, 0.05) is 44.9 Å². The Morgan fingerprint density at radius 2 is 1.59 bits per heavy atom. The largest absolute Gasteiger partial charge is 0.380 e. The molecule has 172 valence electrons. The Balaban J connectivity index is 0. The van der Waals surface area contributed by atoms with E-state index in [-0.39, 0.29) is 24.0 Å². The van der Waals surface area contributed by atoms with Crippen molar-refractivity contribution in [2.45, 2.75) is 66.1 Å². The number of nitrogens with one attached hydrogen (secondary N) is 2. The summed E-state index contributed by atoms with van der Waals surface area (Å²) in [4.78, 5) is 35.6. The van der Waals surface area contributed by atoms with Crippen LogP contribution in [0.15, 0.2) is 0 Å². The standard InChI is InChI=1S/C19H36N2O5S.C2H6/c1-5-9-25-10-8-21-19(24)17(27-12-6-16(4)22)13-18(23)20-7-11-26-14-15(2)3;1-2/h15,17H,5-14H2,1-4H3,(H,20,23)(H,21,24);1-2H3. The van der Waals surface area contributed by atoms with Crippen LogP contribution in [0.4, 0.5) is 0 Å². The molecule has 1 unspecified atom stereocenters. The normalized spacial score (nSPS) is 11.4. The molecule has 0 rings (SSSR count). The molecule has 0 aliphatic carbocycles. The van der Waals surface area contributed by atoms with E-state index >= 15 is 0 Å². The summed E-state index contributed by atoms with van der Waals surface area (Å²) in [5.41, 5.74) is 0. The molecule has 0 aliphatic heterocycles. The van der Waals surface area contributed by atoms with Gasteiger partial charge in [-0.05, 0) is 19.3 Å². The Labute approximate surface area is 181 Å². The third-order valence-corrected chi connectivity index (χ3v) is 4.57. The fourth-order valence-corrected chi connectivity index (χ4v) is 3.19. The number of thioether (sulfide) groups is 1. The first-order chi connectivity index (χ1) is 13.9. The Morgan fingerprint density at radius 1 is 0.966 bits per heavy atom. The van der Waals surface area contributed by atoms with E-state index in [0.717, 1.165) is 6.42 Å². The minimum Gasteiger partial charge on any atom is -0.380 e. The number of carbonyl (C=O) groups is 3. The summed E-state index contributed by atoms with van der Waals surface area (Å²) in [5.74, 6) is 0.648. The molecule has 0 aromatic heterocycles. The highest BCUT2D eigenvalue weighted by molar-refractivity contribution is 8.00. The zero-order valence-electron chi connectivity index (χ0n) is 19.2. The van der Waals surface area contributed by atoms with Crippen molar-refractivity contribution in [1.29, 1.82) is 0 Å². The zero-order chi connectivity index (χ0) is 22.5. The quantitative estimate of drug-likeness (QED) is 0.342. The third kappa shape index (κ3) is 21.4. The molecular formula is C21H42N2O5S. The first kappa shape index (κ1) is 30.1. The molecule has 29 heavy (non-hydrogen) atoms. The SMILES string of the molecule is CC.CCCOCCNC(=O)C(CC(=O)NCCOCC(C)C)SCCC(C)=O. The minimum absolute atomic E-state index is 0.0707. The number of hydrogen-bond donors (Lipinski definition) is 2. The van der Waals surface area contributed by atoms with Crippen LogP contribution in [0.25, 0.3) is 0 Å². The smallest absolute Gasteiger partial charge is 0.233 e. The fraction of sp³-hybridized carbons (Fsp3) is 0.857. The van der Waals surface area contributed by atoms with Crippen LogP contribution in [0.5, 0.6) is 0 Å². The molecule has 0 aromatic carbocycles. The first-order valence-corrected chi connectivity index (χ1v) is 11.7. The van der Waals surface area contributed by atoms with E-state index < -0.39 is 5.25 Å². The summed E-state index contributed by atoms with van der Waals surface area (Å²) in [6.45, 7) is 14.7. The third-order valence-electron chi connectivity index (χ3n) is 3.35. The van der Waals surface area contributed by atoms with Crippen LogP contribution in [0, 0.1) is 5.92 Å². The van der Waals surface area contributed by atoms with Gasteiger partial charge < -0.3 is 20.1 Å². The second-order valence-electron chi connectivity index (χ2n) is 6.74. The van der Waals surface area contributed by atoms with Gasteiger partial charge in [-0.15, -0.1) is 11.8 Å². The predicted molar refractivity (Wildman–Crippen MR) is 120 cm³/mol. The summed E-state index contributed by atoms with van der Waals surface area (Å²) in [7, 11) is 0. The van der Waals surface area contributed by atoms with E-state index in [2.05, 4.69) is 24.5 Å². The second kappa shape index (κ2) is 21.6. The van der Waals surface area contributed by atoms with Crippen molar-refractivity contribution in [3.63, 3.8) is 0 Å². The predicted octanol–water partition coefficient (Wildman–Crippen LogP) is 2.82. The molecule has 0 aliphatic rings. The van der Waals surface area contributed by atoms with Crippen molar-refractivity contribution in [3.8, 4) is 0 Å². The molecule has 0 saturated heterocycles. The number of rotatable bonds is 17. The Hall–Kier alpha value is -1.12. The lowest BCUT2D eigenvalue weighted by Gasteiger charge is -2.16.